The molecule has 0 heterocycles. The van der Waals surface area contributed by atoms with Gasteiger partial charge in [0, 0.05) is 16.3 Å². The zero-order valence-electron chi connectivity index (χ0n) is 11.9. The Morgan fingerprint density at radius 3 is 2.71 bits per heavy atom. The summed E-state index contributed by atoms with van der Waals surface area (Å²) >= 11 is 5.86. The van der Waals surface area contributed by atoms with E-state index in [1.807, 2.05) is 25.1 Å². The normalized spacial score (nSPS) is 10.2. The van der Waals surface area contributed by atoms with Gasteiger partial charge in [-0.15, -0.1) is 0 Å². The molecule has 0 atom stereocenters. The van der Waals surface area contributed by atoms with Crippen molar-refractivity contribution in [2.24, 2.45) is 0 Å². The van der Waals surface area contributed by atoms with E-state index in [0.29, 0.717) is 16.5 Å². The second kappa shape index (κ2) is 6.50. The summed E-state index contributed by atoms with van der Waals surface area (Å²) in [6.07, 6.45) is 0. The van der Waals surface area contributed by atoms with Gasteiger partial charge in [-0.25, -0.2) is 4.79 Å². The highest BCUT2D eigenvalue weighted by Crippen LogP contribution is 2.23. The molecule has 2 rings (SSSR count). The topological polar surface area (TPSA) is 61.5 Å². The predicted molar refractivity (Wildman–Crippen MR) is 82.7 cm³/mol. The minimum Gasteiger partial charge on any atom is -0.496 e. The number of hydrogen-bond donors (Lipinski definition) is 1. The number of methoxy groups -OCH3 is 1. The van der Waals surface area contributed by atoms with Crippen LogP contribution in [0.15, 0.2) is 36.4 Å². The molecule has 0 bridgehead atoms. The highest BCUT2D eigenvalue weighted by Gasteiger charge is 2.13. The van der Waals surface area contributed by atoms with Gasteiger partial charge in [0.25, 0.3) is 0 Å². The van der Waals surface area contributed by atoms with Crippen molar-refractivity contribution in [3.8, 4) is 5.75 Å². The molecule has 2 aromatic carbocycles. The van der Waals surface area contributed by atoms with E-state index in [0.717, 1.165) is 11.1 Å². The summed E-state index contributed by atoms with van der Waals surface area (Å²) in [5.74, 6) is 0.158. The molecule has 0 radical (unpaired) electrons. The predicted octanol–water partition coefficient (Wildman–Crippen LogP) is 3.60. The standard InChI is InChI=1S/C16H16ClNO3/c1-10-3-6-15(20-2)11(7-10)9-21-16(19)13-8-12(17)4-5-14(13)18/h3-8H,9,18H2,1-2H3. The Kier molecular flexibility index (Phi) is 4.70. The van der Waals surface area contributed by atoms with Crippen molar-refractivity contribution in [2.45, 2.75) is 13.5 Å². The molecule has 0 saturated carbocycles. The Balaban J connectivity index is 2.14. The molecule has 0 aromatic heterocycles. The summed E-state index contributed by atoms with van der Waals surface area (Å²) in [5, 5.41) is 0.435. The van der Waals surface area contributed by atoms with Crippen LogP contribution < -0.4 is 10.5 Å². The molecule has 0 aliphatic heterocycles. The quantitative estimate of drug-likeness (QED) is 0.692. The van der Waals surface area contributed by atoms with E-state index in [1.54, 1.807) is 19.2 Å². The van der Waals surface area contributed by atoms with Crippen molar-refractivity contribution in [3.63, 3.8) is 0 Å². The van der Waals surface area contributed by atoms with Crippen LogP contribution in [0, 0.1) is 6.92 Å². The van der Waals surface area contributed by atoms with E-state index >= 15 is 0 Å². The SMILES string of the molecule is COc1ccc(C)cc1COC(=O)c1cc(Cl)ccc1N. The van der Waals surface area contributed by atoms with Crippen LogP contribution in [-0.2, 0) is 11.3 Å². The van der Waals surface area contributed by atoms with Crippen LogP contribution in [0.5, 0.6) is 5.75 Å². The van der Waals surface area contributed by atoms with E-state index < -0.39 is 5.97 Å². The minimum absolute atomic E-state index is 0.107. The molecule has 0 saturated heterocycles. The van der Waals surface area contributed by atoms with E-state index in [4.69, 9.17) is 26.8 Å². The summed E-state index contributed by atoms with van der Waals surface area (Å²) in [4.78, 5) is 12.1. The summed E-state index contributed by atoms with van der Waals surface area (Å²) < 4.78 is 10.5. The number of nitrogen functional groups attached to an aromatic ring is 1. The molecule has 5 heteroatoms. The molecule has 21 heavy (non-hydrogen) atoms. The largest absolute Gasteiger partial charge is 0.496 e. The third kappa shape index (κ3) is 3.67. The molecule has 0 spiro atoms. The van der Waals surface area contributed by atoms with Gasteiger partial charge in [-0.05, 0) is 37.3 Å². The Morgan fingerprint density at radius 1 is 1.24 bits per heavy atom. The van der Waals surface area contributed by atoms with Crippen molar-refractivity contribution in [3.05, 3.63) is 58.1 Å². The highest BCUT2D eigenvalue weighted by molar-refractivity contribution is 6.31. The third-order valence-corrected chi connectivity index (χ3v) is 3.27. The van der Waals surface area contributed by atoms with Gasteiger partial charge in [0.05, 0.1) is 12.7 Å². The summed E-state index contributed by atoms with van der Waals surface area (Å²) in [6, 6.07) is 10.4. The molecule has 2 N–H and O–H groups in total. The first-order valence-corrected chi connectivity index (χ1v) is 6.74. The fourth-order valence-corrected chi connectivity index (χ4v) is 2.12. The van der Waals surface area contributed by atoms with Gasteiger partial charge in [0.1, 0.15) is 12.4 Å². The van der Waals surface area contributed by atoms with Crippen LogP contribution in [0.3, 0.4) is 0 Å². The fraction of sp³-hybridized carbons (Fsp3) is 0.188. The number of halogens is 1. The van der Waals surface area contributed by atoms with Gasteiger partial charge in [-0.1, -0.05) is 23.2 Å². The van der Waals surface area contributed by atoms with Crippen molar-refractivity contribution >= 4 is 23.3 Å². The number of ether oxygens (including phenoxy) is 2. The maximum absolute atomic E-state index is 12.1. The summed E-state index contributed by atoms with van der Waals surface area (Å²) in [6.45, 7) is 2.06. The number of hydrogen-bond acceptors (Lipinski definition) is 4. The summed E-state index contributed by atoms with van der Waals surface area (Å²) in [5.41, 5.74) is 8.20. The van der Waals surface area contributed by atoms with Gasteiger partial charge < -0.3 is 15.2 Å². The Morgan fingerprint density at radius 2 is 2.00 bits per heavy atom. The van der Waals surface area contributed by atoms with Gasteiger partial charge in [-0.3, -0.25) is 0 Å². The maximum Gasteiger partial charge on any atom is 0.340 e. The number of nitrogens with two attached hydrogens (primary N) is 1. The molecular weight excluding hydrogens is 290 g/mol. The van der Waals surface area contributed by atoms with Crippen molar-refractivity contribution in [1.29, 1.82) is 0 Å². The Hall–Kier alpha value is -2.20. The van der Waals surface area contributed by atoms with Crippen LogP contribution in [-0.4, -0.2) is 13.1 Å². The number of aryl methyl sites for hydroxylation is 1. The number of benzene rings is 2. The number of rotatable bonds is 4. The first-order chi connectivity index (χ1) is 10.0. The van der Waals surface area contributed by atoms with Gasteiger partial charge in [-0.2, -0.15) is 0 Å². The lowest BCUT2D eigenvalue weighted by atomic mass is 10.1. The average molecular weight is 306 g/mol. The molecule has 2 aromatic rings. The van der Waals surface area contributed by atoms with Gasteiger partial charge >= 0.3 is 5.97 Å². The van der Waals surface area contributed by atoms with Gasteiger partial charge in [0.15, 0.2) is 0 Å². The fourth-order valence-electron chi connectivity index (χ4n) is 1.95. The zero-order valence-corrected chi connectivity index (χ0v) is 12.6. The van der Waals surface area contributed by atoms with Crippen molar-refractivity contribution in [2.75, 3.05) is 12.8 Å². The average Bonchev–Trinajstić information content (AvgIpc) is 2.47. The lowest BCUT2D eigenvalue weighted by Crippen LogP contribution is -2.09. The molecule has 0 aliphatic carbocycles. The first-order valence-electron chi connectivity index (χ1n) is 6.37. The molecule has 0 amide bonds. The van der Waals surface area contributed by atoms with E-state index in [-0.39, 0.29) is 12.2 Å². The first kappa shape index (κ1) is 15.2. The van der Waals surface area contributed by atoms with Gasteiger partial charge in [0.2, 0.25) is 0 Å². The molecule has 0 fully saturated rings. The van der Waals surface area contributed by atoms with E-state index in [2.05, 4.69) is 0 Å². The van der Waals surface area contributed by atoms with Crippen LogP contribution in [0.4, 0.5) is 5.69 Å². The second-order valence-corrected chi connectivity index (χ2v) is 5.06. The Bertz CT molecular complexity index is 671. The van der Waals surface area contributed by atoms with Crippen LogP contribution in [0.2, 0.25) is 5.02 Å². The number of esters is 1. The Labute approximate surface area is 128 Å². The minimum atomic E-state index is -0.515. The number of anilines is 1. The maximum atomic E-state index is 12.1. The smallest absolute Gasteiger partial charge is 0.340 e. The van der Waals surface area contributed by atoms with Crippen molar-refractivity contribution in [1.82, 2.24) is 0 Å². The van der Waals surface area contributed by atoms with E-state index in [9.17, 15) is 4.79 Å². The third-order valence-electron chi connectivity index (χ3n) is 3.03. The summed E-state index contributed by atoms with van der Waals surface area (Å²) in [7, 11) is 1.57. The molecule has 0 unspecified atom stereocenters. The van der Waals surface area contributed by atoms with Crippen LogP contribution >= 0.6 is 11.6 Å². The van der Waals surface area contributed by atoms with E-state index in [1.165, 1.54) is 6.07 Å². The monoisotopic (exact) mass is 305 g/mol. The lowest BCUT2D eigenvalue weighted by molar-refractivity contribution is 0.0471. The highest BCUT2D eigenvalue weighted by atomic mass is 35.5. The van der Waals surface area contributed by atoms with Crippen molar-refractivity contribution < 1.29 is 14.3 Å². The number of carbonyl (C=O) groups is 1. The molecule has 0 aliphatic rings. The molecule has 4 nitrogen and oxygen atoms in total. The molecular formula is C16H16ClNO3. The molecule has 110 valence electrons. The van der Waals surface area contributed by atoms with Crippen LogP contribution in [0.25, 0.3) is 0 Å². The zero-order chi connectivity index (χ0) is 15.4. The van der Waals surface area contributed by atoms with Crippen LogP contribution in [0.1, 0.15) is 21.5 Å². The number of carbonyl (C=O) groups excluding carboxylic acids is 1. The second-order valence-electron chi connectivity index (χ2n) is 4.62. The lowest BCUT2D eigenvalue weighted by Gasteiger charge is -2.11.